The fourth-order valence-corrected chi connectivity index (χ4v) is 1.89. The lowest BCUT2D eigenvalue weighted by atomic mass is 10.3. The van der Waals surface area contributed by atoms with Gasteiger partial charge in [0, 0.05) is 12.6 Å². The van der Waals surface area contributed by atoms with Gasteiger partial charge >= 0.3 is 6.03 Å². The molecule has 0 aliphatic carbocycles. The molecule has 1 atom stereocenters. The van der Waals surface area contributed by atoms with Gasteiger partial charge in [0.2, 0.25) is 0 Å². The first-order valence-electron chi connectivity index (χ1n) is 7.08. The normalized spacial score (nSPS) is 12.1. The summed E-state index contributed by atoms with van der Waals surface area (Å²) in [6.07, 6.45) is 3.77. The SMILES string of the molecule is CCCCn1nccc1NC(=O)NC(C)c1n[nH]c(C)n1. The van der Waals surface area contributed by atoms with Crippen LogP contribution in [0.15, 0.2) is 12.3 Å². The number of rotatable bonds is 6. The number of nitrogens with one attached hydrogen (secondary N) is 3. The maximum absolute atomic E-state index is 12.0. The van der Waals surface area contributed by atoms with Gasteiger partial charge < -0.3 is 5.32 Å². The Morgan fingerprint density at radius 3 is 3.00 bits per heavy atom. The van der Waals surface area contributed by atoms with Crippen molar-refractivity contribution in [3.8, 4) is 0 Å². The van der Waals surface area contributed by atoms with Gasteiger partial charge in [-0.1, -0.05) is 13.3 Å². The maximum atomic E-state index is 12.0. The van der Waals surface area contributed by atoms with Gasteiger partial charge in [-0.25, -0.2) is 14.5 Å². The monoisotopic (exact) mass is 291 g/mol. The van der Waals surface area contributed by atoms with Gasteiger partial charge in [-0.3, -0.25) is 10.4 Å². The number of carbonyl (C=O) groups is 1. The van der Waals surface area contributed by atoms with Crippen molar-refractivity contribution in [1.29, 1.82) is 0 Å². The average Bonchev–Trinajstić information content (AvgIpc) is 3.05. The van der Waals surface area contributed by atoms with E-state index in [2.05, 4.69) is 37.8 Å². The Morgan fingerprint density at radius 1 is 1.52 bits per heavy atom. The van der Waals surface area contributed by atoms with Crippen LogP contribution in [0.4, 0.5) is 10.6 Å². The van der Waals surface area contributed by atoms with Crippen molar-refractivity contribution >= 4 is 11.8 Å². The second-order valence-electron chi connectivity index (χ2n) is 4.89. The number of H-pyrrole nitrogens is 1. The third-order valence-corrected chi connectivity index (χ3v) is 3.03. The summed E-state index contributed by atoms with van der Waals surface area (Å²) in [6.45, 7) is 6.55. The number of hydrogen-bond donors (Lipinski definition) is 3. The summed E-state index contributed by atoms with van der Waals surface area (Å²) < 4.78 is 1.78. The second kappa shape index (κ2) is 6.87. The van der Waals surface area contributed by atoms with Crippen molar-refractivity contribution in [2.24, 2.45) is 0 Å². The maximum Gasteiger partial charge on any atom is 0.320 e. The van der Waals surface area contributed by atoms with Crippen LogP contribution in [-0.2, 0) is 6.54 Å². The highest BCUT2D eigenvalue weighted by Crippen LogP contribution is 2.10. The first-order valence-corrected chi connectivity index (χ1v) is 7.08. The first kappa shape index (κ1) is 15.0. The molecule has 114 valence electrons. The number of aromatic amines is 1. The van der Waals surface area contributed by atoms with E-state index in [4.69, 9.17) is 0 Å². The minimum atomic E-state index is -0.303. The Labute approximate surface area is 123 Å². The van der Waals surface area contributed by atoms with Crippen LogP contribution in [-0.4, -0.2) is 31.0 Å². The van der Waals surface area contributed by atoms with Crippen molar-refractivity contribution in [1.82, 2.24) is 30.3 Å². The minimum Gasteiger partial charge on any atom is -0.328 e. The molecule has 8 heteroatoms. The smallest absolute Gasteiger partial charge is 0.320 e. The predicted octanol–water partition coefficient (Wildman–Crippen LogP) is 1.99. The highest BCUT2D eigenvalue weighted by molar-refractivity contribution is 5.88. The number of hydrogen-bond acceptors (Lipinski definition) is 4. The minimum absolute atomic E-state index is 0.276. The van der Waals surface area contributed by atoms with Crippen molar-refractivity contribution in [2.75, 3.05) is 5.32 Å². The molecule has 0 saturated heterocycles. The molecule has 0 aliphatic heterocycles. The van der Waals surface area contributed by atoms with Crippen LogP contribution < -0.4 is 10.6 Å². The number of carbonyl (C=O) groups excluding carboxylic acids is 1. The van der Waals surface area contributed by atoms with Crippen molar-refractivity contribution in [2.45, 2.75) is 46.2 Å². The molecule has 0 saturated carbocycles. The molecule has 8 nitrogen and oxygen atoms in total. The molecule has 1 unspecified atom stereocenters. The van der Waals surface area contributed by atoms with Crippen LogP contribution in [0.25, 0.3) is 0 Å². The zero-order valence-corrected chi connectivity index (χ0v) is 12.6. The summed E-state index contributed by atoms with van der Waals surface area (Å²) >= 11 is 0. The number of nitrogens with zero attached hydrogens (tertiary/aromatic N) is 4. The number of amides is 2. The second-order valence-corrected chi connectivity index (χ2v) is 4.89. The number of aromatic nitrogens is 5. The van der Waals surface area contributed by atoms with Gasteiger partial charge in [-0.05, 0) is 20.3 Å². The highest BCUT2D eigenvalue weighted by atomic mass is 16.2. The third-order valence-electron chi connectivity index (χ3n) is 3.03. The summed E-state index contributed by atoms with van der Waals surface area (Å²) in [5, 5.41) is 16.6. The molecule has 0 aromatic carbocycles. The number of aryl methyl sites for hydroxylation is 2. The van der Waals surface area contributed by atoms with Crippen LogP contribution in [0.5, 0.6) is 0 Å². The van der Waals surface area contributed by atoms with Crippen molar-refractivity contribution < 1.29 is 4.79 Å². The molecule has 2 amide bonds. The molecule has 2 aromatic rings. The molecule has 21 heavy (non-hydrogen) atoms. The van der Waals surface area contributed by atoms with Gasteiger partial charge in [-0.2, -0.15) is 10.2 Å². The van der Waals surface area contributed by atoms with E-state index in [1.807, 2.05) is 13.8 Å². The molecular formula is C13H21N7O. The zero-order chi connectivity index (χ0) is 15.2. The molecule has 0 spiro atoms. The summed E-state index contributed by atoms with van der Waals surface area (Å²) in [5.74, 6) is 1.96. The van der Waals surface area contributed by atoms with E-state index in [-0.39, 0.29) is 12.1 Å². The molecule has 3 N–H and O–H groups in total. The standard InChI is InChI=1S/C13H21N7O/c1-4-5-8-20-11(6-7-14-20)17-13(21)15-9(2)12-16-10(3)18-19-12/h6-7,9H,4-5,8H2,1-3H3,(H2,15,17,21)(H,16,18,19). The molecule has 0 bridgehead atoms. The van der Waals surface area contributed by atoms with E-state index in [1.165, 1.54) is 0 Å². The molecule has 0 aliphatic rings. The number of urea groups is 1. The molecule has 0 fully saturated rings. The lowest BCUT2D eigenvalue weighted by Crippen LogP contribution is -2.32. The van der Waals surface area contributed by atoms with Crippen LogP contribution in [0, 0.1) is 6.92 Å². The summed E-state index contributed by atoms with van der Waals surface area (Å²) in [5.41, 5.74) is 0. The quantitative estimate of drug-likeness (QED) is 0.757. The number of anilines is 1. The number of unbranched alkanes of at least 4 members (excludes halogenated alkanes) is 1. The first-order chi connectivity index (χ1) is 10.1. The van der Waals surface area contributed by atoms with E-state index in [1.54, 1.807) is 16.9 Å². The third kappa shape index (κ3) is 4.04. The molecule has 0 radical (unpaired) electrons. The Kier molecular flexibility index (Phi) is 4.91. The Bertz CT molecular complexity index is 589. The van der Waals surface area contributed by atoms with E-state index in [9.17, 15) is 4.79 Å². The van der Waals surface area contributed by atoms with E-state index in [0.29, 0.717) is 11.6 Å². The Hall–Kier alpha value is -2.38. The summed E-state index contributed by atoms with van der Waals surface area (Å²) in [7, 11) is 0. The lowest BCUT2D eigenvalue weighted by Gasteiger charge is -2.12. The van der Waals surface area contributed by atoms with E-state index in [0.717, 1.165) is 25.2 Å². The van der Waals surface area contributed by atoms with Gasteiger partial charge in [0.1, 0.15) is 11.6 Å². The fourth-order valence-electron chi connectivity index (χ4n) is 1.89. The van der Waals surface area contributed by atoms with Gasteiger partial charge in [0.15, 0.2) is 5.82 Å². The van der Waals surface area contributed by atoms with Gasteiger partial charge in [0.05, 0.1) is 12.2 Å². The molecule has 2 rings (SSSR count). The van der Waals surface area contributed by atoms with Crippen LogP contribution in [0.3, 0.4) is 0 Å². The highest BCUT2D eigenvalue weighted by Gasteiger charge is 2.14. The Balaban J connectivity index is 1.91. The van der Waals surface area contributed by atoms with Crippen LogP contribution in [0.1, 0.15) is 44.4 Å². The summed E-state index contributed by atoms with van der Waals surface area (Å²) in [6, 6.07) is 1.20. The van der Waals surface area contributed by atoms with Crippen LogP contribution in [0.2, 0.25) is 0 Å². The fraction of sp³-hybridized carbons (Fsp3) is 0.538. The van der Waals surface area contributed by atoms with Gasteiger partial charge in [-0.15, -0.1) is 0 Å². The molecule has 2 aromatic heterocycles. The van der Waals surface area contributed by atoms with Gasteiger partial charge in [0.25, 0.3) is 0 Å². The predicted molar refractivity (Wildman–Crippen MR) is 78.8 cm³/mol. The molecule has 2 heterocycles. The lowest BCUT2D eigenvalue weighted by molar-refractivity contribution is 0.248. The van der Waals surface area contributed by atoms with E-state index < -0.39 is 0 Å². The zero-order valence-electron chi connectivity index (χ0n) is 12.6. The average molecular weight is 291 g/mol. The summed E-state index contributed by atoms with van der Waals surface area (Å²) in [4.78, 5) is 16.2. The molecular weight excluding hydrogens is 270 g/mol. The topological polar surface area (TPSA) is 101 Å². The van der Waals surface area contributed by atoms with Crippen molar-refractivity contribution in [3.63, 3.8) is 0 Å². The Morgan fingerprint density at radius 2 is 2.33 bits per heavy atom. The van der Waals surface area contributed by atoms with Crippen molar-refractivity contribution in [3.05, 3.63) is 23.9 Å². The largest absolute Gasteiger partial charge is 0.328 e. The van der Waals surface area contributed by atoms with E-state index >= 15 is 0 Å². The van der Waals surface area contributed by atoms with Crippen LogP contribution >= 0.6 is 0 Å².